The zero-order valence-electron chi connectivity index (χ0n) is 7.19. The van der Waals surface area contributed by atoms with Gasteiger partial charge in [0.2, 0.25) is 0 Å². The molecule has 1 heterocycles. The van der Waals surface area contributed by atoms with E-state index in [1.807, 2.05) is 12.1 Å². The van der Waals surface area contributed by atoms with Crippen LogP contribution in [-0.4, -0.2) is 6.54 Å². The van der Waals surface area contributed by atoms with Gasteiger partial charge in [-0.1, -0.05) is 23.7 Å². The maximum absolute atomic E-state index is 6.19. The highest BCUT2D eigenvalue weighted by atomic mass is 79.9. The fourth-order valence-corrected chi connectivity index (χ4v) is 2.38. The molecular formula is C10H11BrClN. The van der Waals surface area contributed by atoms with Crippen LogP contribution in [0.1, 0.15) is 24.4 Å². The van der Waals surface area contributed by atoms with Crippen LogP contribution in [0.4, 0.5) is 0 Å². The van der Waals surface area contributed by atoms with Gasteiger partial charge in [-0.25, -0.2) is 0 Å². The van der Waals surface area contributed by atoms with E-state index < -0.39 is 0 Å². The number of halogens is 2. The molecule has 1 nitrogen and oxygen atoms in total. The van der Waals surface area contributed by atoms with Gasteiger partial charge in [-0.15, -0.1) is 0 Å². The van der Waals surface area contributed by atoms with Crippen LogP contribution < -0.4 is 5.32 Å². The van der Waals surface area contributed by atoms with Gasteiger partial charge >= 0.3 is 0 Å². The zero-order chi connectivity index (χ0) is 9.26. The number of hydrogen-bond acceptors (Lipinski definition) is 1. The minimum absolute atomic E-state index is 0.449. The first-order valence-electron chi connectivity index (χ1n) is 4.46. The van der Waals surface area contributed by atoms with Crippen LogP contribution in [0.3, 0.4) is 0 Å². The molecule has 1 atom stereocenters. The molecule has 1 aromatic carbocycles. The van der Waals surface area contributed by atoms with Gasteiger partial charge in [-0.05, 0) is 46.9 Å². The predicted octanol–water partition coefficient (Wildman–Crippen LogP) is 3.53. The molecule has 1 N–H and O–H groups in total. The van der Waals surface area contributed by atoms with Gasteiger partial charge in [0.05, 0.1) is 5.02 Å². The Balaban J connectivity index is 2.33. The molecule has 0 amide bonds. The third-order valence-electron chi connectivity index (χ3n) is 2.42. The summed E-state index contributed by atoms with van der Waals surface area (Å²) in [5.74, 6) is 0. The molecule has 2 rings (SSSR count). The lowest BCUT2D eigenvalue weighted by atomic mass is 10.1. The summed E-state index contributed by atoms with van der Waals surface area (Å²) in [6.07, 6.45) is 2.43. The van der Waals surface area contributed by atoms with Crippen LogP contribution >= 0.6 is 27.5 Å². The minimum Gasteiger partial charge on any atom is -0.310 e. The standard InChI is InChI=1S/C10H11BrClN/c11-8-4-1-3-7(10(8)12)9-5-2-6-13-9/h1,3-4,9,13H,2,5-6H2. The Morgan fingerprint density at radius 2 is 2.31 bits per heavy atom. The Morgan fingerprint density at radius 3 is 3.00 bits per heavy atom. The minimum atomic E-state index is 0.449. The maximum atomic E-state index is 6.19. The highest BCUT2D eigenvalue weighted by Crippen LogP contribution is 2.33. The van der Waals surface area contributed by atoms with E-state index >= 15 is 0 Å². The summed E-state index contributed by atoms with van der Waals surface area (Å²) >= 11 is 9.62. The van der Waals surface area contributed by atoms with Crippen molar-refractivity contribution in [1.82, 2.24) is 5.32 Å². The van der Waals surface area contributed by atoms with Gasteiger partial charge in [0.25, 0.3) is 0 Å². The van der Waals surface area contributed by atoms with Gasteiger partial charge in [-0.2, -0.15) is 0 Å². The van der Waals surface area contributed by atoms with E-state index in [-0.39, 0.29) is 0 Å². The van der Waals surface area contributed by atoms with E-state index in [0.717, 1.165) is 16.0 Å². The third-order valence-corrected chi connectivity index (χ3v) is 3.73. The van der Waals surface area contributed by atoms with E-state index in [9.17, 15) is 0 Å². The predicted molar refractivity (Wildman–Crippen MR) is 59.1 cm³/mol. The number of rotatable bonds is 1. The SMILES string of the molecule is Clc1c(Br)cccc1C1CCCN1. The molecule has 3 heteroatoms. The quantitative estimate of drug-likeness (QED) is 0.814. The van der Waals surface area contributed by atoms with Crippen LogP contribution in [0.25, 0.3) is 0 Å². The summed E-state index contributed by atoms with van der Waals surface area (Å²) in [5, 5.41) is 4.28. The fraction of sp³-hybridized carbons (Fsp3) is 0.400. The highest BCUT2D eigenvalue weighted by molar-refractivity contribution is 9.10. The van der Waals surface area contributed by atoms with Crippen LogP contribution in [0.5, 0.6) is 0 Å². The first-order valence-corrected chi connectivity index (χ1v) is 5.63. The average Bonchev–Trinajstić information content (AvgIpc) is 2.62. The van der Waals surface area contributed by atoms with Crippen molar-refractivity contribution in [3.63, 3.8) is 0 Å². The van der Waals surface area contributed by atoms with E-state index in [1.165, 1.54) is 18.4 Å². The lowest BCUT2D eigenvalue weighted by Gasteiger charge is -2.12. The van der Waals surface area contributed by atoms with Crippen LogP contribution in [0, 0.1) is 0 Å². The van der Waals surface area contributed by atoms with Crippen molar-refractivity contribution in [2.24, 2.45) is 0 Å². The molecule has 0 radical (unpaired) electrons. The Bertz CT molecular complexity index is 308. The van der Waals surface area contributed by atoms with Gasteiger partial charge in [0.15, 0.2) is 0 Å². The van der Waals surface area contributed by atoms with Crippen molar-refractivity contribution in [2.45, 2.75) is 18.9 Å². The second-order valence-electron chi connectivity index (χ2n) is 3.29. The summed E-state index contributed by atoms with van der Waals surface area (Å²) in [5.41, 5.74) is 1.22. The zero-order valence-corrected chi connectivity index (χ0v) is 9.53. The summed E-state index contributed by atoms with van der Waals surface area (Å²) in [6, 6.07) is 6.55. The second kappa shape index (κ2) is 3.99. The monoisotopic (exact) mass is 259 g/mol. The normalized spacial score (nSPS) is 22.2. The van der Waals surface area contributed by atoms with E-state index in [0.29, 0.717) is 6.04 Å². The first kappa shape index (κ1) is 9.50. The molecule has 1 aliphatic rings. The summed E-state index contributed by atoms with van der Waals surface area (Å²) in [6.45, 7) is 1.10. The topological polar surface area (TPSA) is 12.0 Å². The van der Waals surface area contributed by atoms with Crippen LogP contribution in [-0.2, 0) is 0 Å². The largest absolute Gasteiger partial charge is 0.310 e. The molecule has 1 fully saturated rings. The van der Waals surface area contributed by atoms with Gasteiger partial charge in [0, 0.05) is 10.5 Å². The molecule has 70 valence electrons. The highest BCUT2D eigenvalue weighted by Gasteiger charge is 2.19. The first-order chi connectivity index (χ1) is 6.29. The lowest BCUT2D eigenvalue weighted by Crippen LogP contribution is -2.13. The molecule has 0 aliphatic carbocycles. The molecule has 1 saturated heterocycles. The molecule has 1 aliphatic heterocycles. The molecule has 1 aromatic rings. The number of nitrogens with one attached hydrogen (secondary N) is 1. The second-order valence-corrected chi connectivity index (χ2v) is 4.52. The Morgan fingerprint density at radius 1 is 1.46 bits per heavy atom. The lowest BCUT2D eigenvalue weighted by molar-refractivity contribution is 0.647. The van der Waals surface area contributed by atoms with Crippen molar-refractivity contribution in [3.05, 3.63) is 33.3 Å². The number of hydrogen-bond donors (Lipinski definition) is 1. The van der Waals surface area contributed by atoms with Crippen LogP contribution in [0.2, 0.25) is 5.02 Å². The fourth-order valence-electron chi connectivity index (χ4n) is 1.74. The third kappa shape index (κ3) is 1.90. The Labute approximate surface area is 91.6 Å². The Kier molecular flexibility index (Phi) is 2.92. The molecule has 0 saturated carbocycles. The van der Waals surface area contributed by atoms with Crippen molar-refractivity contribution in [3.8, 4) is 0 Å². The van der Waals surface area contributed by atoms with Gasteiger partial charge < -0.3 is 5.32 Å². The van der Waals surface area contributed by atoms with E-state index in [4.69, 9.17) is 11.6 Å². The van der Waals surface area contributed by atoms with Crippen molar-refractivity contribution in [1.29, 1.82) is 0 Å². The molecule has 1 unspecified atom stereocenters. The molecule has 13 heavy (non-hydrogen) atoms. The molecule has 0 aromatic heterocycles. The molecule has 0 bridgehead atoms. The summed E-state index contributed by atoms with van der Waals surface area (Å²) < 4.78 is 0.986. The van der Waals surface area contributed by atoms with Gasteiger partial charge in [-0.3, -0.25) is 0 Å². The van der Waals surface area contributed by atoms with Crippen molar-refractivity contribution < 1.29 is 0 Å². The molecule has 0 spiro atoms. The maximum Gasteiger partial charge on any atom is 0.0595 e. The Hall–Kier alpha value is -0.0500. The molecular weight excluding hydrogens is 249 g/mol. The van der Waals surface area contributed by atoms with E-state index in [1.54, 1.807) is 0 Å². The summed E-state index contributed by atoms with van der Waals surface area (Å²) in [4.78, 5) is 0. The summed E-state index contributed by atoms with van der Waals surface area (Å²) in [7, 11) is 0. The average molecular weight is 261 g/mol. The smallest absolute Gasteiger partial charge is 0.0595 e. The van der Waals surface area contributed by atoms with Crippen molar-refractivity contribution >= 4 is 27.5 Å². The van der Waals surface area contributed by atoms with Crippen LogP contribution in [0.15, 0.2) is 22.7 Å². The number of benzene rings is 1. The van der Waals surface area contributed by atoms with Crippen molar-refractivity contribution in [2.75, 3.05) is 6.54 Å². The van der Waals surface area contributed by atoms with E-state index in [2.05, 4.69) is 27.3 Å². The van der Waals surface area contributed by atoms with Gasteiger partial charge in [0.1, 0.15) is 0 Å².